The van der Waals surface area contributed by atoms with Crippen LogP contribution in [-0.2, 0) is 27.2 Å². The zero-order valence-corrected chi connectivity index (χ0v) is 39.5. The first-order chi connectivity index (χ1) is 24.1. The fraction of sp³-hybridized carbons (Fsp3) is 1.00. The molecule has 0 aliphatic rings. The highest BCUT2D eigenvalue weighted by atomic mass is 35.5. The number of nitrogens with two attached hydrogens (primary N) is 4. The second-order valence-corrected chi connectivity index (χ2v) is 16.8. The molecule has 2 unspecified atom stereocenters. The van der Waals surface area contributed by atoms with E-state index >= 15 is 0 Å². The number of hydrogen-bond donors (Lipinski definition) is 4. The monoisotopic (exact) mass is 1010 g/mol. The number of alkyl halides is 6. The van der Waals surface area contributed by atoms with Crippen molar-refractivity contribution in [2.75, 3.05) is 104 Å². The fourth-order valence-corrected chi connectivity index (χ4v) is 8.24. The van der Waals surface area contributed by atoms with Crippen LogP contribution in [0.1, 0.15) is 83.5 Å². The van der Waals surface area contributed by atoms with Gasteiger partial charge in [0.15, 0.2) is 0 Å². The van der Waals surface area contributed by atoms with E-state index in [4.69, 9.17) is 41.0 Å². The van der Waals surface area contributed by atoms with Crippen molar-refractivity contribution in [2.24, 2.45) is 22.9 Å². The molecule has 0 aromatic rings. The van der Waals surface area contributed by atoms with Crippen LogP contribution in [0, 0.1) is 0 Å². The molecule has 0 radical (unpaired) electrons. The summed E-state index contributed by atoms with van der Waals surface area (Å²) in [5.74, 6) is 0. The van der Waals surface area contributed by atoms with Crippen molar-refractivity contribution in [3.63, 3.8) is 0 Å². The van der Waals surface area contributed by atoms with Gasteiger partial charge in [0, 0.05) is 25.9 Å². The van der Waals surface area contributed by atoms with E-state index in [1.165, 1.54) is 0 Å². The number of halogens is 12. The molecule has 0 saturated heterocycles. The first-order valence-electron chi connectivity index (χ1n) is 18.3. The number of hydrogen-bond acceptors (Lipinski definition) is 12. The summed E-state index contributed by atoms with van der Waals surface area (Å²) in [6.07, 6.45) is -5.27. The van der Waals surface area contributed by atoms with Crippen LogP contribution >= 0.6 is 89.6 Å². The number of unbranched alkanes of at least 4 members (excludes halogenated alkanes) is 4. The Kier molecular flexibility index (Phi) is 56.2. The largest absolute Gasteiger partial charge is 0.389 e. The summed E-state index contributed by atoms with van der Waals surface area (Å²) in [5.41, 5.74) is 22.5. The molecule has 0 fully saturated rings. The summed E-state index contributed by atoms with van der Waals surface area (Å²) >= 11 is 0. The molecule has 0 bridgehead atoms. The molecule has 0 aliphatic heterocycles. The molecule has 57 heavy (non-hydrogen) atoms. The first kappa shape index (κ1) is 72.8. The quantitative estimate of drug-likeness (QED) is 0.0267. The van der Waals surface area contributed by atoms with Gasteiger partial charge in [0.25, 0.3) is 0 Å². The van der Waals surface area contributed by atoms with Gasteiger partial charge in [0.1, 0.15) is 0 Å². The Morgan fingerprint density at radius 3 is 0.877 bits per heavy atom. The van der Waals surface area contributed by atoms with E-state index in [1.807, 2.05) is 9.80 Å². The van der Waals surface area contributed by atoms with Gasteiger partial charge in [-0.25, -0.2) is 0 Å². The van der Waals surface area contributed by atoms with Gasteiger partial charge in [-0.2, -0.15) is 26.3 Å². The van der Waals surface area contributed by atoms with Gasteiger partial charge < -0.3 is 50.8 Å². The molecule has 2 atom stereocenters. The first-order valence-corrected chi connectivity index (χ1v) is 21.7. The predicted octanol–water partition coefficient (Wildman–Crippen LogP) is 8.60. The van der Waals surface area contributed by atoms with Gasteiger partial charge >= 0.3 is 27.5 Å². The summed E-state index contributed by atoms with van der Waals surface area (Å²) in [6.45, 7) is 4.84. The Labute approximate surface area is 374 Å². The minimum absolute atomic E-state index is 0. The molecular weight excluding hydrogens is 941 g/mol. The molecule has 12 nitrogen and oxygen atoms in total. The molecule has 8 N–H and O–H groups in total. The topological polar surface area (TPSA) is 182 Å². The van der Waals surface area contributed by atoms with Crippen molar-refractivity contribution in [3.05, 3.63) is 0 Å². The normalized spacial score (nSPS) is 13.5. The van der Waals surface area contributed by atoms with Crippen LogP contribution in [-0.4, -0.2) is 126 Å². The van der Waals surface area contributed by atoms with Crippen LogP contribution in [0.2, 0.25) is 0 Å². The van der Waals surface area contributed by atoms with Gasteiger partial charge in [-0.05, 0) is 104 Å². The minimum atomic E-state index is -4.34. The lowest BCUT2D eigenvalue weighted by atomic mass is 10.2. The predicted molar refractivity (Wildman–Crippen MR) is 233 cm³/mol. The smallest absolute Gasteiger partial charge is 0.330 e. The molecule has 0 rings (SSSR count). The lowest BCUT2D eigenvalue weighted by Crippen LogP contribution is -2.31. The van der Waals surface area contributed by atoms with Crippen molar-refractivity contribution in [2.45, 2.75) is 95.8 Å². The number of nitrogens with zero attached hydrogens (tertiary/aromatic N) is 2. The summed E-state index contributed by atoms with van der Waals surface area (Å²) in [6, 6.07) is 0. The standard InChI is InChI=1S/C31H66F6N6O6P2.6ClH/c32-30(33,34)12-6-26-48-50(44,28-22-42(18-8-14-38)19-9-15-39)46-24-4-2-1-3-5-25-47-51(45,49-27-7-13-31(35,36)37)29-23-43(20-10-16-40)21-11-17-41;;;;;;/h1-29,38-41H2;6*1H. The summed E-state index contributed by atoms with van der Waals surface area (Å²) in [4.78, 5) is 4.09. The molecule has 0 aliphatic carbocycles. The van der Waals surface area contributed by atoms with Crippen LogP contribution in [0.5, 0.6) is 0 Å². The Morgan fingerprint density at radius 1 is 0.386 bits per heavy atom. The molecule has 0 saturated carbocycles. The van der Waals surface area contributed by atoms with E-state index in [1.54, 1.807) is 0 Å². The summed E-state index contributed by atoms with van der Waals surface area (Å²) in [5, 5.41) is 0. The maximum Gasteiger partial charge on any atom is 0.389 e. The third-order valence-corrected chi connectivity index (χ3v) is 11.5. The van der Waals surface area contributed by atoms with E-state index in [0.717, 1.165) is 32.1 Å². The second-order valence-electron chi connectivity index (χ2n) is 12.5. The molecule has 26 heteroatoms. The van der Waals surface area contributed by atoms with Gasteiger partial charge in [-0.15, -0.1) is 74.4 Å². The Balaban J connectivity index is -0.000000833. The van der Waals surface area contributed by atoms with E-state index < -0.39 is 40.4 Å². The highest BCUT2D eigenvalue weighted by molar-refractivity contribution is 7.54. The zero-order chi connectivity index (χ0) is 38.5. The van der Waals surface area contributed by atoms with Crippen LogP contribution < -0.4 is 22.9 Å². The average molecular weight is 1010 g/mol. The summed E-state index contributed by atoms with van der Waals surface area (Å²) in [7, 11) is -7.33. The van der Waals surface area contributed by atoms with Crippen LogP contribution in [0.25, 0.3) is 0 Å². The zero-order valence-electron chi connectivity index (χ0n) is 32.8. The van der Waals surface area contributed by atoms with E-state index in [9.17, 15) is 35.5 Å². The van der Waals surface area contributed by atoms with Gasteiger partial charge in [0.2, 0.25) is 0 Å². The SMILES string of the molecule is Cl.Cl.Cl.Cl.Cl.Cl.NCCCN(CCCN)CCP(=O)(OCCCCCCCOP(=O)(CCN(CCCN)CCCN)OCCCC(F)(F)F)OCCCC(F)(F)F. The van der Waals surface area contributed by atoms with Crippen molar-refractivity contribution in [3.8, 4) is 0 Å². The van der Waals surface area contributed by atoms with E-state index in [0.29, 0.717) is 91.1 Å². The molecular formula is C31H72Cl6F6N6O6P2. The third-order valence-electron chi connectivity index (χ3n) is 7.74. The maximum atomic E-state index is 13.5. The highest BCUT2D eigenvalue weighted by Gasteiger charge is 2.30. The maximum absolute atomic E-state index is 13.5. The second kappa shape index (κ2) is 44.0. The van der Waals surface area contributed by atoms with Crippen molar-refractivity contribution in [1.82, 2.24) is 9.80 Å². The lowest BCUT2D eigenvalue weighted by Gasteiger charge is -2.25. The highest BCUT2D eigenvalue weighted by Crippen LogP contribution is 2.49. The van der Waals surface area contributed by atoms with Gasteiger partial charge in [-0.1, -0.05) is 19.3 Å². The Morgan fingerprint density at radius 2 is 0.632 bits per heavy atom. The molecule has 0 amide bonds. The van der Waals surface area contributed by atoms with Crippen molar-refractivity contribution < 1.29 is 53.6 Å². The van der Waals surface area contributed by atoms with Crippen molar-refractivity contribution >= 4 is 89.6 Å². The third kappa shape index (κ3) is 46.7. The molecule has 0 heterocycles. The minimum Gasteiger partial charge on any atom is -0.330 e. The number of rotatable bonds is 36. The Bertz CT molecular complexity index is 871. The average Bonchev–Trinajstić information content (AvgIpc) is 3.06. The Hall–Kier alpha value is 1.38. The lowest BCUT2D eigenvalue weighted by molar-refractivity contribution is -0.137. The van der Waals surface area contributed by atoms with Crippen LogP contribution in [0.3, 0.4) is 0 Å². The summed E-state index contributed by atoms with van der Waals surface area (Å²) < 4.78 is 125. The van der Waals surface area contributed by atoms with Gasteiger partial charge in [-0.3, -0.25) is 9.13 Å². The molecule has 0 spiro atoms. The van der Waals surface area contributed by atoms with E-state index in [2.05, 4.69) is 0 Å². The molecule has 0 aromatic heterocycles. The molecule has 0 aromatic carbocycles. The van der Waals surface area contributed by atoms with Crippen molar-refractivity contribution in [1.29, 1.82) is 0 Å². The van der Waals surface area contributed by atoms with E-state index in [-0.39, 0.29) is 126 Å². The van der Waals surface area contributed by atoms with Crippen LogP contribution in [0.15, 0.2) is 0 Å². The fourth-order valence-electron chi connectivity index (χ4n) is 4.89. The molecule has 356 valence electrons. The van der Waals surface area contributed by atoms with Crippen LogP contribution in [0.4, 0.5) is 26.3 Å². The van der Waals surface area contributed by atoms with Gasteiger partial charge in [0.05, 0.1) is 38.8 Å².